The third kappa shape index (κ3) is 4.11. The number of carbonyl (C=O) groups is 1. The molecule has 0 aromatic heterocycles. The van der Waals surface area contributed by atoms with Crippen molar-refractivity contribution in [2.75, 3.05) is 32.5 Å². The molecule has 0 radical (unpaired) electrons. The van der Waals surface area contributed by atoms with Crippen LogP contribution in [0, 0.1) is 0 Å². The molecule has 1 amide bonds. The lowest BCUT2D eigenvalue weighted by atomic mass is 10.1. The summed E-state index contributed by atoms with van der Waals surface area (Å²) in [5.41, 5.74) is 6.81. The Morgan fingerprint density at radius 3 is 2.76 bits per heavy atom. The molecule has 1 atom stereocenters. The average molecular weight is 291 g/mol. The van der Waals surface area contributed by atoms with Crippen LogP contribution in [0.1, 0.15) is 36.5 Å². The monoisotopic (exact) mass is 291 g/mol. The third-order valence-corrected chi connectivity index (χ3v) is 3.85. The highest BCUT2D eigenvalue weighted by Crippen LogP contribution is 2.25. The fourth-order valence-corrected chi connectivity index (χ4v) is 2.84. The van der Waals surface area contributed by atoms with Gasteiger partial charge in [-0.1, -0.05) is 12.5 Å². The second-order valence-corrected chi connectivity index (χ2v) is 5.66. The molecule has 1 fully saturated rings. The van der Waals surface area contributed by atoms with Crippen LogP contribution in [-0.4, -0.2) is 43.6 Å². The standard InChI is InChI=1S/C16H25N3O2/c1-12(11-19-9-4-3-5-10-19)18-16(20)13-7-6-8-14(17)15(13)21-2/h6-8,12H,3-5,9-11,17H2,1-2H3,(H,18,20). The lowest BCUT2D eigenvalue weighted by Crippen LogP contribution is -2.43. The number of nitrogen functional groups attached to an aromatic ring is 1. The number of anilines is 1. The molecule has 1 aliphatic heterocycles. The second-order valence-electron chi connectivity index (χ2n) is 5.66. The summed E-state index contributed by atoms with van der Waals surface area (Å²) in [5, 5.41) is 3.03. The number of carbonyl (C=O) groups excluding carboxylic acids is 1. The number of rotatable bonds is 5. The van der Waals surface area contributed by atoms with Crippen molar-refractivity contribution in [3.05, 3.63) is 23.8 Å². The first-order valence-corrected chi connectivity index (χ1v) is 7.57. The number of nitrogens with one attached hydrogen (secondary N) is 1. The van der Waals surface area contributed by atoms with E-state index in [1.807, 2.05) is 6.92 Å². The van der Waals surface area contributed by atoms with Gasteiger partial charge in [0.15, 0.2) is 5.75 Å². The quantitative estimate of drug-likeness (QED) is 0.813. The predicted octanol–water partition coefficient (Wildman–Crippen LogP) is 1.88. The van der Waals surface area contributed by atoms with Gasteiger partial charge in [-0.15, -0.1) is 0 Å². The highest BCUT2D eigenvalue weighted by Gasteiger charge is 2.18. The van der Waals surface area contributed by atoms with E-state index < -0.39 is 0 Å². The van der Waals surface area contributed by atoms with Gasteiger partial charge >= 0.3 is 0 Å². The Bertz CT molecular complexity index is 484. The van der Waals surface area contributed by atoms with Gasteiger partial charge < -0.3 is 20.7 Å². The molecule has 0 spiro atoms. The van der Waals surface area contributed by atoms with E-state index in [0.29, 0.717) is 17.0 Å². The number of benzene rings is 1. The molecular weight excluding hydrogens is 266 g/mol. The number of nitrogens with two attached hydrogens (primary N) is 1. The SMILES string of the molecule is COc1c(N)cccc1C(=O)NC(C)CN1CCCCC1. The second kappa shape index (κ2) is 7.31. The van der Waals surface area contributed by atoms with Crippen molar-refractivity contribution in [3.8, 4) is 5.75 Å². The van der Waals surface area contributed by atoms with Crippen LogP contribution in [0.2, 0.25) is 0 Å². The van der Waals surface area contributed by atoms with Crippen molar-refractivity contribution >= 4 is 11.6 Å². The first kappa shape index (κ1) is 15.6. The topological polar surface area (TPSA) is 67.6 Å². The maximum absolute atomic E-state index is 12.4. The van der Waals surface area contributed by atoms with Crippen molar-refractivity contribution in [1.29, 1.82) is 0 Å². The van der Waals surface area contributed by atoms with Gasteiger partial charge in [-0.25, -0.2) is 0 Å². The van der Waals surface area contributed by atoms with Gasteiger partial charge in [0.25, 0.3) is 5.91 Å². The minimum atomic E-state index is -0.136. The Labute approximate surface area is 126 Å². The molecular formula is C16H25N3O2. The molecule has 1 aromatic rings. The van der Waals surface area contributed by atoms with Gasteiger partial charge in [0.1, 0.15) is 0 Å². The summed E-state index contributed by atoms with van der Waals surface area (Å²) in [4.78, 5) is 14.8. The summed E-state index contributed by atoms with van der Waals surface area (Å²) < 4.78 is 5.23. The first-order valence-electron chi connectivity index (χ1n) is 7.57. The van der Waals surface area contributed by atoms with E-state index in [0.717, 1.165) is 19.6 Å². The van der Waals surface area contributed by atoms with E-state index in [4.69, 9.17) is 10.5 Å². The van der Waals surface area contributed by atoms with Crippen molar-refractivity contribution in [1.82, 2.24) is 10.2 Å². The van der Waals surface area contributed by atoms with Crippen LogP contribution in [0.3, 0.4) is 0 Å². The Morgan fingerprint density at radius 1 is 1.38 bits per heavy atom. The molecule has 0 aliphatic carbocycles. The minimum Gasteiger partial charge on any atom is -0.494 e. The minimum absolute atomic E-state index is 0.0988. The number of ether oxygens (including phenoxy) is 1. The molecule has 5 nitrogen and oxygen atoms in total. The fraction of sp³-hybridized carbons (Fsp3) is 0.562. The molecule has 1 unspecified atom stereocenters. The molecule has 1 heterocycles. The van der Waals surface area contributed by atoms with E-state index in [-0.39, 0.29) is 11.9 Å². The van der Waals surface area contributed by atoms with Gasteiger partial charge in [-0.05, 0) is 45.0 Å². The van der Waals surface area contributed by atoms with Gasteiger partial charge in [-0.2, -0.15) is 0 Å². The largest absolute Gasteiger partial charge is 0.494 e. The number of nitrogens with zero attached hydrogens (tertiary/aromatic N) is 1. The van der Waals surface area contributed by atoms with Crippen LogP contribution in [0.4, 0.5) is 5.69 Å². The highest BCUT2D eigenvalue weighted by atomic mass is 16.5. The number of piperidine rings is 1. The molecule has 21 heavy (non-hydrogen) atoms. The summed E-state index contributed by atoms with van der Waals surface area (Å²) in [7, 11) is 1.53. The zero-order valence-corrected chi connectivity index (χ0v) is 12.9. The van der Waals surface area contributed by atoms with Crippen molar-refractivity contribution in [2.24, 2.45) is 0 Å². The summed E-state index contributed by atoms with van der Waals surface area (Å²) in [6.07, 6.45) is 3.82. The average Bonchev–Trinajstić information content (AvgIpc) is 2.47. The number of likely N-dealkylation sites (tertiary alicyclic amines) is 1. The lowest BCUT2D eigenvalue weighted by Gasteiger charge is -2.29. The molecule has 0 saturated carbocycles. The van der Waals surface area contributed by atoms with Crippen LogP contribution in [-0.2, 0) is 0 Å². The van der Waals surface area contributed by atoms with Gasteiger partial charge in [0.05, 0.1) is 18.4 Å². The number of hydrogen-bond donors (Lipinski definition) is 2. The number of hydrogen-bond acceptors (Lipinski definition) is 4. The van der Waals surface area contributed by atoms with E-state index in [1.165, 1.54) is 26.4 Å². The summed E-state index contributed by atoms with van der Waals surface area (Å²) >= 11 is 0. The lowest BCUT2D eigenvalue weighted by molar-refractivity contribution is 0.0922. The Kier molecular flexibility index (Phi) is 5.44. The molecule has 5 heteroatoms. The van der Waals surface area contributed by atoms with Crippen LogP contribution in [0.5, 0.6) is 5.75 Å². The van der Waals surface area contributed by atoms with Crippen LogP contribution in [0.25, 0.3) is 0 Å². The molecule has 2 rings (SSSR count). The normalized spacial score (nSPS) is 17.2. The summed E-state index contributed by atoms with van der Waals surface area (Å²) in [6, 6.07) is 5.33. The van der Waals surface area contributed by atoms with Gasteiger partial charge in [-0.3, -0.25) is 4.79 Å². The first-order chi connectivity index (χ1) is 10.1. The fourth-order valence-electron chi connectivity index (χ4n) is 2.84. The Hall–Kier alpha value is -1.75. The number of methoxy groups -OCH3 is 1. The molecule has 1 aromatic carbocycles. The van der Waals surface area contributed by atoms with Crippen LogP contribution < -0.4 is 15.8 Å². The molecule has 1 aliphatic rings. The molecule has 3 N–H and O–H groups in total. The van der Waals surface area contributed by atoms with Crippen molar-refractivity contribution in [2.45, 2.75) is 32.2 Å². The van der Waals surface area contributed by atoms with E-state index >= 15 is 0 Å². The van der Waals surface area contributed by atoms with E-state index in [9.17, 15) is 4.79 Å². The van der Waals surface area contributed by atoms with E-state index in [2.05, 4.69) is 10.2 Å². The molecule has 1 saturated heterocycles. The van der Waals surface area contributed by atoms with Gasteiger partial charge in [0.2, 0.25) is 0 Å². The summed E-state index contributed by atoms with van der Waals surface area (Å²) in [5.74, 6) is 0.309. The maximum atomic E-state index is 12.4. The summed E-state index contributed by atoms with van der Waals surface area (Å²) in [6.45, 7) is 5.17. The zero-order chi connectivity index (χ0) is 15.2. The van der Waals surface area contributed by atoms with Gasteiger partial charge in [0, 0.05) is 12.6 Å². The molecule has 0 bridgehead atoms. The number of para-hydroxylation sites is 1. The van der Waals surface area contributed by atoms with Crippen molar-refractivity contribution in [3.63, 3.8) is 0 Å². The zero-order valence-electron chi connectivity index (χ0n) is 12.9. The third-order valence-electron chi connectivity index (χ3n) is 3.85. The van der Waals surface area contributed by atoms with E-state index in [1.54, 1.807) is 18.2 Å². The Balaban J connectivity index is 1.95. The van der Waals surface area contributed by atoms with Crippen LogP contribution >= 0.6 is 0 Å². The number of amides is 1. The van der Waals surface area contributed by atoms with Crippen molar-refractivity contribution < 1.29 is 9.53 Å². The predicted molar refractivity (Wildman–Crippen MR) is 84.6 cm³/mol. The van der Waals surface area contributed by atoms with Crippen LogP contribution in [0.15, 0.2) is 18.2 Å². The highest BCUT2D eigenvalue weighted by molar-refractivity contribution is 5.98. The smallest absolute Gasteiger partial charge is 0.255 e. The maximum Gasteiger partial charge on any atom is 0.255 e. The Morgan fingerprint density at radius 2 is 2.10 bits per heavy atom. The molecule has 116 valence electrons.